The topological polar surface area (TPSA) is 46.9 Å². The summed E-state index contributed by atoms with van der Waals surface area (Å²) in [5, 5.41) is 6.90. The zero-order chi connectivity index (χ0) is 15.2. The van der Waals surface area contributed by atoms with Crippen LogP contribution in [0, 0.1) is 0 Å². The highest BCUT2D eigenvalue weighted by molar-refractivity contribution is 6.30. The van der Waals surface area contributed by atoms with Gasteiger partial charge in [0.25, 0.3) is 0 Å². The van der Waals surface area contributed by atoms with Crippen LogP contribution in [0.15, 0.2) is 30.5 Å². The largest absolute Gasteiger partial charge is 0.396 e. The Morgan fingerprint density at radius 3 is 2.57 bits per heavy atom. The van der Waals surface area contributed by atoms with Crippen molar-refractivity contribution in [2.75, 3.05) is 5.32 Å². The summed E-state index contributed by atoms with van der Waals surface area (Å²) >= 11 is 5.77. The van der Waals surface area contributed by atoms with E-state index in [0.717, 1.165) is 6.20 Å². The summed E-state index contributed by atoms with van der Waals surface area (Å²) in [5.74, 6) is -2.46. The summed E-state index contributed by atoms with van der Waals surface area (Å²) < 4.78 is 40.3. The second kappa shape index (κ2) is 4.77. The van der Waals surface area contributed by atoms with Gasteiger partial charge in [0.05, 0.1) is 17.8 Å². The molecule has 8 heteroatoms. The summed E-state index contributed by atoms with van der Waals surface area (Å²) in [6, 6.07) is 6.41. The van der Waals surface area contributed by atoms with Crippen LogP contribution in [-0.2, 0) is 4.79 Å². The molecule has 4 nitrogen and oxygen atoms in total. The van der Waals surface area contributed by atoms with Gasteiger partial charge in [-0.25, -0.2) is 4.68 Å². The second-order valence-electron chi connectivity index (χ2n) is 4.68. The number of hydrogen-bond donors (Lipinski definition) is 1. The van der Waals surface area contributed by atoms with Crippen molar-refractivity contribution >= 4 is 23.3 Å². The maximum absolute atomic E-state index is 13.0. The van der Waals surface area contributed by atoms with E-state index in [1.54, 1.807) is 24.3 Å². The Morgan fingerprint density at radius 2 is 1.95 bits per heavy atom. The molecule has 0 fully saturated rings. The standard InChI is InChI=1S/C13H9ClF3N3O/c14-7-1-3-8(4-2-7)20-12-9(6-18-20)10(13(15,16)17)5-11(21)19-12/h1-4,6,10H,5H2,(H,19,21). The number of aromatic nitrogens is 2. The highest BCUT2D eigenvalue weighted by Gasteiger charge is 2.46. The maximum atomic E-state index is 13.0. The van der Waals surface area contributed by atoms with Gasteiger partial charge in [-0.1, -0.05) is 11.6 Å². The van der Waals surface area contributed by atoms with Crippen molar-refractivity contribution in [3.8, 4) is 5.69 Å². The quantitative estimate of drug-likeness (QED) is 0.875. The van der Waals surface area contributed by atoms with Gasteiger partial charge in [-0.15, -0.1) is 0 Å². The molecular formula is C13H9ClF3N3O. The Balaban J connectivity index is 2.09. The van der Waals surface area contributed by atoms with Gasteiger partial charge in [0, 0.05) is 17.0 Å². The zero-order valence-electron chi connectivity index (χ0n) is 10.5. The third kappa shape index (κ3) is 2.49. The average Bonchev–Trinajstić information content (AvgIpc) is 2.81. The minimum atomic E-state index is -4.49. The van der Waals surface area contributed by atoms with Crippen LogP contribution in [0.2, 0.25) is 5.02 Å². The highest BCUT2D eigenvalue weighted by atomic mass is 35.5. The molecule has 1 aliphatic rings. The molecule has 1 aromatic heterocycles. The maximum Gasteiger partial charge on any atom is 0.396 e. The minimum Gasteiger partial charge on any atom is -0.310 e. The predicted octanol–water partition coefficient (Wildman–Crippen LogP) is 3.51. The third-order valence-corrected chi connectivity index (χ3v) is 3.54. The van der Waals surface area contributed by atoms with Crippen LogP contribution in [0.5, 0.6) is 0 Å². The lowest BCUT2D eigenvalue weighted by molar-refractivity contribution is -0.156. The SMILES string of the molecule is O=C1CC(C(F)(F)F)c2cnn(-c3ccc(Cl)cc3)c2N1. The first-order valence-corrected chi connectivity index (χ1v) is 6.44. The van der Waals surface area contributed by atoms with Crippen molar-refractivity contribution in [1.82, 2.24) is 9.78 Å². The van der Waals surface area contributed by atoms with Crippen molar-refractivity contribution < 1.29 is 18.0 Å². The summed E-state index contributed by atoms with van der Waals surface area (Å²) in [7, 11) is 0. The summed E-state index contributed by atoms with van der Waals surface area (Å²) in [6.07, 6.45) is -3.97. The zero-order valence-corrected chi connectivity index (χ0v) is 11.2. The molecule has 1 aliphatic heterocycles. The number of alkyl halides is 3. The first kappa shape index (κ1) is 13.9. The van der Waals surface area contributed by atoms with Crippen LogP contribution < -0.4 is 5.32 Å². The molecule has 0 saturated carbocycles. The van der Waals surface area contributed by atoms with Gasteiger partial charge in [-0.3, -0.25) is 4.79 Å². The van der Waals surface area contributed by atoms with Gasteiger partial charge in [0.1, 0.15) is 5.82 Å². The molecule has 1 atom stereocenters. The van der Waals surface area contributed by atoms with E-state index in [-0.39, 0.29) is 11.4 Å². The summed E-state index contributed by atoms with van der Waals surface area (Å²) in [5.41, 5.74) is 0.487. The van der Waals surface area contributed by atoms with E-state index in [1.165, 1.54) is 4.68 Å². The van der Waals surface area contributed by atoms with E-state index < -0.39 is 24.4 Å². The molecule has 21 heavy (non-hydrogen) atoms. The second-order valence-corrected chi connectivity index (χ2v) is 5.12. The van der Waals surface area contributed by atoms with Crippen LogP contribution >= 0.6 is 11.6 Å². The van der Waals surface area contributed by atoms with E-state index in [4.69, 9.17) is 11.6 Å². The number of carbonyl (C=O) groups excluding carboxylic acids is 1. The molecule has 1 N–H and O–H groups in total. The molecule has 110 valence electrons. The van der Waals surface area contributed by atoms with E-state index in [1.807, 2.05) is 0 Å². The Morgan fingerprint density at radius 1 is 1.29 bits per heavy atom. The van der Waals surface area contributed by atoms with Crippen molar-refractivity contribution in [2.24, 2.45) is 0 Å². The number of halogens is 4. The number of anilines is 1. The van der Waals surface area contributed by atoms with Gasteiger partial charge >= 0.3 is 6.18 Å². The molecule has 0 radical (unpaired) electrons. The van der Waals surface area contributed by atoms with Gasteiger partial charge < -0.3 is 5.32 Å². The Bertz CT molecular complexity index is 694. The lowest BCUT2D eigenvalue weighted by atomic mass is 9.94. The smallest absolute Gasteiger partial charge is 0.310 e. The van der Waals surface area contributed by atoms with Crippen LogP contribution in [0.3, 0.4) is 0 Å². The van der Waals surface area contributed by atoms with Crippen molar-refractivity contribution in [3.63, 3.8) is 0 Å². The molecule has 2 aromatic rings. The number of nitrogens with one attached hydrogen (secondary N) is 1. The number of hydrogen-bond acceptors (Lipinski definition) is 2. The normalized spacial score (nSPS) is 18.3. The van der Waals surface area contributed by atoms with Gasteiger partial charge in [0.15, 0.2) is 0 Å². The lowest BCUT2D eigenvalue weighted by Crippen LogP contribution is -2.31. The first-order valence-electron chi connectivity index (χ1n) is 6.06. The number of fused-ring (bicyclic) bond motifs is 1. The molecule has 2 heterocycles. The fourth-order valence-electron chi connectivity index (χ4n) is 2.29. The number of benzene rings is 1. The molecule has 1 amide bonds. The van der Waals surface area contributed by atoms with E-state index in [2.05, 4.69) is 10.4 Å². The lowest BCUT2D eigenvalue weighted by Gasteiger charge is -2.25. The molecule has 3 rings (SSSR count). The number of rotatable bonds is 1. The molecule has 0 bridgehead atoms. The monoisotopic (exact) mass is 315 g/mol. The Hall–Kier alpha value is -2.02. The van der Waals surface area contributed by atoms with Gasteiger partial charge in [-0.05, 0) is 24.3 Å². The average molecular weight is 316 g/mol. The number of amides is 1. The van der Waals surface area contributed by atoms with Crippen LogP contribution in [0.1, 0.15) is 17.9 Å². The summed E-state index contributed by atoms with van der Waals surface area (Å²) in [4.78, 5) is 11.5. The predicted molar refractivity (Wildman–Crippen MR) is 70.6 cm³/mol. The molecule has 0 spiro atoms. The van der Waals surface area contributed by atoms with Crippen LogP contribution in [-0.4, -0.2) is 21.9 Å². The molecule has 0 aliphatic carbocycles. The number of nitrogens with zero attached hydrogens (tertiary/aromatic N) is 2. The van der Waals surface area contributed by atoms with Crippen molar-refractivity contribution in [2.45, 2.75) is 18.5 Å². The summed E-state index contributed by atoms with van der Waals surface area (Å²) in [6.45, 7) is 0. The third-order valence-electron chi connectivity index (χ3n) is 3.29. The Labute approximate surface area is 122 Å². The van der Waals surface area contributed by atoms with Crippen molar-refractivity contribution in [1.29, 1.82) is 0 Å². The molecule has 1 unspecified atom stereocenters. The first-order chi connectivity index (χ1) is 9.86. The van der Waals surface area contributed by atoms with E-state index in [9.17, 15) is 18.0 Å². The van der Waals surface area contributed by atoms with Crippen LogP contribution in [0.4, 0.5) is 19.0 Å². The van der Waals surface area contributed by atoms with Gasteiger partial charge in [-0.2, -0.15) is 18.3 Å². The van der Waals surface area contributed by atoms with Crippen LogP contribution in [0.25, 0.3) is 5.69 Å². The molecule has 0 saturated heterocycles. The highest BCUT2D eigenvalue weighted by Crippen LogP contribution is 2.43. The fraction of sp³-hybridized carbons (Fsp3) is 0.231. The molecular weight excluding hydrogens is 307 g/mol. The van der Waals surface area contributed by atoms with Crippen molar-refractivity contribution in [3.05, 3.63) is 41.0 Å². The Kier molecular flexibility index (Phi) is 3.16. The fourth-order valence-corrected chi connectivity index (χ4v) is 2.42. The van der Waals surface area contributed by atoms with E-state index >= 15 is 0 Å². The van der Waals surface area contributed by atoms with E-state index in [0.29, 0.717) is 10.7 Å². The molecule has 1 aromatic carbocycles. The van der Waals surface area contributed by atoms with Gasteiger partial charge in [0.2, 0.25) is 5.91 Å². The minimum absolute atomic E-state index is 0.0305. The number of carbonyl (C=O) groups is 1.